The summed E-state index contributed by atoms with van der Waals surface area (Å²) in [5.41, 5.74) is 3.62. The van der Waals surface area contributed by atoms with E-state index in [-0.39, 0.29) is 0 Å². The van der Waals surface area contributed by atoms with E-state index in [1.54, 1.807) is 0 Å². The van der Waals surface area contributed by atoms with Crippen molar-refractivity contribution in [2.45, 2.75) is 77.6 Å². The molecule has 0 spiro atoms. The number of rotatable bonds is 8. The molecular formula is C28H36O. The van der Waals surface area contributed by atoms with Gasteiger partial charge in [0.05, 0.1) is 6.61 Å². The maximum atomic E-state index is 5.77. The van der Waals surface area contributed by atoms with Crippen LogP contribution < -0.4 is 4.74 Å². The van der Waals surface area contributed by atoms with Crippen LogP contribution in [0.5, 0.6) is 5.75 Å². The Morgan fingerprint density at radius 1 is 0.759 bits per heavy atom. The summed E-state index contributed by atoms with van der Waals surface area (Å²) >= 11 is 0. The maximum absolute atomic E-state index is 5.77. The largest absolute Gasteiger partial charge is 0.494 e. The van der Waals surface area contributed by atoms with Crippen molar-refractivity contribution in [1.29, 1.82) is 0 Å². The fraction of sp³-hybridized carbons (Fsp3) is 0.500. The van der Waals surface area contributed by atoms with E-state index in [1.165, 1.54) is 56.9 Å². The molecule has 2 aromatic carbocycles. The van der Waals surface area contributed by atoms with E-state index in [0.717, 1.165) is 41.7 Å². The van der Waals surface area contributed by atoms with Gasteiger partial charge in [0.15, 0.2) is 0 Å². The van der Waals surface area contributed by atoms with Crippen molar-refractivity contribution in [3.8, 4) is 17.6 Å². The average molecular weight is 389 g/mol. The minimum absolute atomic E-state index is 0.745. The molecule has 154 valence electrons. The van der Waals surface area contributed by atoms with Crippen molar-refractivity contribution < 1.29 is 4.74 Å². The van der Waals surface area contributed by atoms with Gasteiger partial charge >= 0.3 is 0 Å². The lowest BCUT2D eigenvalue weighted by Crippen LogP contribution is -2.13. The van der Waals surface area contributed by atoms with Gasteiger partial charge in [-0.05, 0) is 85.9 Å². The van der Waals surface area contributed by atoms with Gasteiger partial charge in [0.25, 0.3) is 0 Å². The van der Waals surface area contributed by atoms with Gasteiger partial charge in [-0.2, -0.15) is 0 Å². The lowest BCUT2D eigenvalue weighted by atomic mass is 9.77. The minimum atomic E-state index is 0.745. The molecule has 0 saturated heterocycles. The lowest BCUT2D eigenvalue weighted by Gasteiger charge is -2.28. The molecule has 0 amide bonds. The molecule has 0 unspecified atom stereocenters. The highest BCUT2D eigenvalue weighted by Gasteiger charge is 2.21. The first kappa shape index (κ1) is 21.5. The third-order valence-corrected chi connectivity index (χ3v) is 6.15. The van der Waals surface area contributed by atoms with Crippen LogP contribution in [0.1, 0.15) is 94.2 Å². The van der Waals surface area contributed by atoms with Crippen LogP contribution >= 0.6 is 0 Å². The van der Waals surface area contributed by atoms with Crippen LogP contribution in [0.3, 0.4) is 0 Å². The minimum Gasteiger partial charge on any atom is -0.494 e. The van der Waals surface area contributed by atoms with Crippen LogP contribution in [-0.2, 0) is 0 Å². The standard InChI is InChI=1S/C28H36O/c1-3-5-6-22-29-28-20-14-25(15-21-28)9-8-24-12-18-27(19-13-24)26-16-10-23(7-4-2)11-17-26/h12-15,18-21,23,26H,3-7,10-11,16-17,22H2,1-2H3. The number of hydrogen-bond donors (Lipinski definition) is 0. The molecule has 0 aliphatic heterocycles. The number of benzene rings is 2. The molecule has 0 heterocycles. The summed E-state index contributed by atoms with van der Waals surface area (Å²) in [4.78, 5) is 0. The van der Waals surface area contributed by atoms with Crippen molar-refractivity contribution in [3.63, 3.8) is 0 Å². The van der Waals surface area contributed by atoms with E-state index in [9.17, 15) is 0 Å². The van der Waals surface area contributed by atoms with Crippen LogP contribution in [0.2, 0.25) is 0 Å². The van der Waals surface area contributed by atoms with Gasteiger partial charge < -0.3 is 4.74 Å². The van der Waals surface area contributed by atoms with Crippen molar-refractivity contribution in [2.24, 2.45) is 5.92 Å². The Hall–Kier alpha value is -2.20. The fourth-order valence-corrected chi connectivity index (χ4v) is 4.35. The first-order chi connectivity index (χ1) is 14.3. The Kier molecular flexibility index (Phi) is 8.69. The molecule has 1 aliphatic carbocycles. The van der Waals surface area contributed by atoms with E-state index in [0.29, 0.717) is 0 Å². The van der Waals surface area contributed by atoms with E-state index in [4.69, 9.17) is 4.74 Å². The Bertz CT molecular complexity index is 768. The monoisotopic (exact) mass is 388 g/mol. The molecule has 0 bridgehead atoms. The summed E-state index contributed by atoms with van der Waals surface area (Å²) in [6.07, 6.45) is 11.8. The maximum Gasteiger partial charge on any atom is 0.119 e. The lowest BCUT2D eigenvalue weighted by molar-refractivity contribution is 0.306. The Morgan fingerprint density at radius 2 is 1.38 bits per heavy atom. The van der Waals surface area contributed by atoms with E-state index in [1.807, 2.05) is 24.3 Å². The summed E-state index contributed by atoms with van der Waals surface area (Å²) in [5, 5.41) is 0. The zero-order chi connectivity index (χ0) is 20.3. The van der Waals surface area contributed by atoms with Gasteiger partial charge in [-0.1, -0.05) is 63.5 Å². The number of hydrogen-bond acceptors (Lipinski definition) is 1. The van der Waals surface area contributed by atoms with Gasteiger partial charge in [-0.25, -0.2) is 0 Å². The second-order valence-corrected chi connectivity index (χ2v) is 8.46. The van der Waals surface area contributed by atoms with Crippen LogP contribution in [0.25, 0.3) is 0 Å². The molecule has 1 nitrogen and oxygen atoms in total. The summed E-state index contributed by atoms with van der Waals surface area (Å²) in [5.74, 6) is 9.23. The Labute approximate surface area is 177 Å². The van der Waals surface area contributed by atoms with Crippen molar-refractivity contribution in [1.82, 2.24) is 0 Å². The van der Waals surface area contributed by atoms with Crippen molar-refractivity contribution in [2.75, 3.05) is 6.61 Å². The molecule has 0 N–H and O–H groups in total. The van der Waals surface area contributed by atoms with E-state index < -0.39 is 0 Å². The first-order valence-electron chi connectivity index (χ1n) is 11.6. The molecule has 29 heavy (non-hydrogen) atoms. The summed E-state index contributed by atoms with van der Waals surface area (Å²) in [7, 11) is 0. The highest BCUT2D eigenvalue weighted by Crippen LogP contribution is 2.37. The molecular weight excluding hydrogens is 352 g/mol. The zero-order valence-electron chi connectivity index (χ0n) is 18.3. The highest BCUT2D eigenvalue weighted by atomic mass is 16.5. The summed E-state index contributed by atoms with van der Waals surface area (Å²) < 4.78 is 5.77. The SMILES string of the molecule is CCCCCOc1ccc(C#Cc2ccc(C3CCC(CCC)CC3)cc2)cc1. The first-order valence-corrected chi connectivity index (χ1v) is 11.6. The van der Waals surface area contributed by atoms with Crippen molar-refractivity contribution in [3.05, 3.63) is 65.2 Å². The van der Waals surface area contributed by atoms with Gasteiger partial charge in [0.1, 0.15) is 5.75 Å². The molecule has 1 heteroatoms. The van der Waals surface area contributed by atoms with Crippen LogP contribution in [0, 0.1) is 17.8 Å². The third kappa shape index (κ3) is 6.97. The molecule has 2 aromatic rings. The second-order valence-electron chi connectivity index (χ2n) is 8.46. The molecule has 1 saturated carbocycles. The van der Waals surface area contributed by atoms with Crippen LogP contribution in [-0.4, -0.2) is 6.61 Å². The van der Waals surface area contributed by atoms with Gasteiger partial charge in [-0.3, -0.25) is 0 Å². The summed E-state index contributed by atoms with van der Waals surface area (Å²) in [6.45, 7) is 5.31. The Morgan fingerprint density at radius 3 is 1.97 bits per heavy atom. The predicted molar refractivity (Wildman–Crippen MR) is 123 cm³/mol. The van der Waals surface area contributed by atoms with Crippen molar-refractivity contribution >= 4 is 0 Å². The van der Waals surface area contributed by atoms with Crippen LogP contribution in [0.15, 0.2) is 48.5 Å². The highest BCUT2D eigenvalue weighted by molar-refractivity contribution is 5.45. The topological polar surface area (TPSA) is 9.23 Å². The average Bonchev–Trinajstić information content (AvgIpc) is 2.77. The van der Waals surface area contributed by atoms with E-state index in [2.05, 4.69) is 50.0 Å². The second kappa shape index (κ2) is 11.7. The normalized spacial score (nSPS) is 18.7. The Balaban J connectivity index is 1.51. The molecule has 1 aliphatic rings. The van der Waals surface area contributed by atoms with Gasteiger partial charge in [-0.15, -0.1) is 0 Å². The number of unbranched alkanes of at least 4 members (excludes halogenated alkanes) is 2. The fourth-order valence-electron chi connectivity index (χ4n) is 4.35. The molecule has 0 radical (unpaired) electrons. The molecule has 1 fully saturated rings. The number of ether oxygens (including phenoxy) is 1. The molecule has 0 aromatic heterocycles. The van der Waals surface area contributed by atoms with E-state index >= 15 is 0 Å². The van der Waals surface area contributed by atoms with Gasteiger partial charge in [0, 0.05) is 11.1 Å². The van der Waals surface area contributed by atoms with Crippen LogP contribution in [0.4, 0.5) is 0 Å². The smallest absolute Gasteiger partial charge is 0.119 e. The third-order valence-electron chi connectivity index (χ3n) is 6.15. The molecule has 3 rings (SSSR count). The zero-order valence-corrected chi connectivity index (χ0v) is 18.3. The van der Waals surface area contributed by atoms with Gasteiger partial charge in [0.2, 0.25) is 0 Å². The summed E-state index contributed by atoms with van der Waals surface area (Å²) in [6, 6.07) is 17.1. The molecule has 0 atom stereocenters. The quantitative estimate of drug-likeness (QED) is 0.332. The predicted octanol–water partition coefficient (Wildman–Crippen LogP) is 7.73.